The van der Waals surface area contributed by atoms with Crippen LogP contribution in [0, 0.1) is 0 Å². The van der Waals surface area contributed by atoms with Crippen molar-refractivity contribution in [3.63, 3.8) is 0 Å². The molecule has 0 bridgehead atoms. The first kappa shape index (κ1) is 10.5. The number of nitrogens with two attached hydrogens (primary N) is 1. The third-order valence-corrected chi connectivity index (χ3v) is 3.34. The lowest BCUT2D eigenvalue weighted by Gasteiger charge is -2.13. The van der Waals surface area contributed by atoms with Crippen molar-refractivity contribution in [3.8, 4) is 0 Å². The van der Waals surface area contributed by atoms with Crippen LogP contribution in [0.15, 0.2) is 12.3 Å². The topological polar surface area (TPSA) is 38.9 Å². The van der Waals surface area contributed by atoms with E-state index in [1.807, 2.05) is 6.20 Å². The molecular weight excluding hydrogens is 184 g/mol. The van der Waals surface area contributed by atoms with Gasteiger partial charge in [0.2, 0.25) is 0 Å². The lowest BCUT2D eigenvalue weighted by molar-refractivity contribution is 0.714. The summed E-state index contributed by atoms with van der Waals surface area (Å²) in [6.07, 6.45) is 7.36. The molecule has 0 spiro atoms. The zero-order valence-electron chi connectivity index (χ0n) is 9.66. The standard InChI is InChI=1S/C13H20N2/c1-9(2)13-12(14)7-11(8-15-13)10-5-3-4-6-10/h7-10H,3-6,14H2,1-2H3. The van der Waals surface area contributed by atoms with Crippen molar-refractivity contribution < 1.29 is 0 Å². The van der Waals surface area contributed by atoms with Gasteiger partial charge in [-0.05, 0) is 36.3 Å². The van der Waals surface area contributed by atoms with Crippen LogP contribution in [0.2, 0.25) is 0 Å². The highest BCUT2D eigenvalue weighted by Gasteiger charge is 2.18. The van der Waals surface area contributed by atoms with Crippen LogP contribution in [-0.2, 0) is 0 Å². The van der Waals surface area contributed by atoms with E-state index in [0.29, 0.717) is 11.8 Å². The predicted molar refractivity (Wildman–Crippen MR) is 63.9 cm³/mol. The van der Waals surface area contributed by atoms with Gasteiger partial charge in [-0.25, -0.2) is 0 Å². The molecule has 2 heteroatoms. The lowest BCUT2D eigenvalue weighted by Crippen LogP contribution is -2.03. The van der Waals surface area contributed by atoms with Gasteiger partial charge in [0.05, 0.1) is 11.4 Å². The summed E-state index contributed by atoms with van der Waals surface area (Å²) in [6.45, 7) is 4.27. The average molecular weight is 204 g/mol. The van der Waals surface area contributed by atoms with E-state index in [9.17, 15) is 0 Å². The molecule has 2 nitrogen and oxygen atoms in total. The van der Waals surface area contributed by atoms with Crippen molar-refractivity contribution in [3.05, 3.63) is 23.5 Å². The molecule has 1 heterocycles. The Morgan fingerprint density at radius 1 is 1.33 bits per heavy atom. The van der Waals surface area contributed by atoms with Gasteiger partial charge in [-0.2, -0.15) is 0 Å². The van der Waals surface area contributed by atoms with Gasteiger partial charge in [-0.3, -0.25) is 4.98 Å². The summed E-state index contributed by atoms with van der Waals surface area (Å²) in [5.74, 6) is 1.13. The van der Waals surface area contributed by atoms with Crippen LogP contribution in [-0.4, -0.2) is 4.98 Å². The smallest absolute Gasteiger partial charge is 0.0658 e. The molecule has 1 aliphatic rings. The summed E-state index contributed by atoms with van der Waals surface area (Å²) in [4.78, 5) is 4.50. The molecule has 0 radical (unpaired) electrons. The first-order valence-electron chi connectivity index (χ1n) is 5.94. The van der Waals surface area contributed by atoms with E-state index in [1.165, 1.54) is 31.2 Å². The van der Waals surface area contributed by atoms with E-state index >= 15 is 0 Å². The zero-order chi connectivity index (χ0) is 10.8. The number of aromatic nitrogens is 1. The van der Waals surface area contributed by atoms with Crippen molar-refractivity contribution in [2.75, 3.05) is 5.73 Å². The normalized spacial score (nSPS) is 17.5. The van der Waals surface area contributed by atoms with Gasteiger partial charge in [0.25, 0.3) is 0 Å². The van der Waals surface area contributed by atoms with Crippen molar-refractivity contribution >= 4 is 5.69 Å². The van der Waals surface area contributed by atoms with Crippen LogP contribution in [0.3, 0.4) is 0 Å². The van der Waals surface area contributed by atoms with E-state index in [0.717, 1.165) is 11.4 Å². The van der Waals surface area contributed by atoms with Gasteiger partial charge in [0.1, 0.15) is 0 Å². The maximum atomic E-state index is 6.03. The minimum absolute atomic E-state index is 0.419. The van der Waals surface area contributed by atoms with Gasteiger partial charge in [-0.15, -0.1) is 0 Å². The fourth-order valence-corrected chi connectivity index (χ4v) is 2.47. The second-order valence-corrected chi connectivity index (χ2v) is 4.88. The summed E-state index contributed by atoms with van der Waals surface area (Å²) in [6, 6.07) is 2.14. The Kier molecular flexibility index (Phi) is 2.94. The first-order chi connectivity index (χ1) is 7.18. The van der Waals surface area contributed by atoms with E-state index in [1.54, 1.807) is 0 Å². The Bertz CT molecular complexity index is 338. The Labute approximate surface area is 91.9 Å². The van der Waals surface area contributed by atoms with E-state index in [2.05, 4.69) is 24.9 Å². The number of hydrogen-bond donors (Lipinski definition) is 1. The van der Waals surface area contributed by atoms with Gasteiger partial charge >= 0.3 is 0 Å². The summed E-state index contributed by atoms with van der Waals surface area (Å²) >= 11 is 0. The van der Waals surface area contributed by atoms with Gasteiger partial charge in [-0.1, -0.05) is 26.7 Å². The molecule has 0 aliphatic heterocycles. The fourth-order valence-electron chi connectivity index (χ4n) is 2.47. The molecule has 1 aromatic heterocycles. The third kappa shape index (κ3) is 2.14. The van der Waals surface area contributed by atoms with Crippen LogP contribution in [0.5, 0.6) is 0 Å². The molecule has 1 saturated carbocycles. The minimum Gasteiger partial charge on any atom is -0.397 e. The average Bonchev–Trinajstić information content (AvgIpc) is 2.69. The Morgan fingerprint density at radius 3 is 2.53 bits per heavy atom. The highest BCUT2D eigenvalue weighted by atomic mass is 14.7. The van der Waals surface area contributed by atoms with Crippen molar-refractivity contribution in [2.45, 2.75) is 51.4 Å². The quantitative estimate of drug-likeness (QED) is 0.801. The molecule has 0 unspecified atom stereocenters. The van der Waals surface area contributed by atoms with E-state index in [-0.39, 0.29) is 0 Å². The van der Waals surface area contributed by atoms with Crippen LogP contribution in [0.4, 0.5) is 5.69 Å². The Morgan fingerprint density at radius 2 is 2.00 bits per heavy atom. The maximum absolute atomic E-state index is 6.03. The fraction of sp³-hybridized carbons (Fsp3) is 0.615. The molecule has 15 heavy (non-hydrogen) atoms. The summed E-state index contributed by atoms with van der Waals surface area (Å²) in [7, 11) is 0. The van der Waals surface area contributed by atoms with Gasteiger partial charge in [0, 0.05) is 6.20 Å². The van der Waals surface area contributed by atoms with Crippen LogP contribution in [0.1, 0.15) is 62.6 Å². The lowest BCUT2D eigenvalue weighted by atomic mass is 9.97. The van der Waals surface area contributed by atoms with Crippen molar-refractivity contribution in [1.29, 1.82) is 0 Å². The third-order valence-electron chi connectivity index (χ3n) is 3.34. The number of hydrogen-bond acceptors (Lipinski definition) is 2. The SMILES string of the molecule is CC(C)c1ncc(C2CCCC2)cc1N. The second-order valence-electron chi connectivity index (χ2n) is 4.88. The predicted octanol–water partition coefficient (Wildman–Crippen LogP) is 3.44. The molecule has 1 fully saturated rings. The summed E-state index contributed by atoms with van der Waals surface area (Å²) < 4.78 is 0. The molecule has 1 aliphatic carbocycles. The second kappa shape index (κ2) is 4.21. The van der Waals surface area contributed by atoms with Crippen LogP contribution >= 0.6 is 0 Å². The molecule has 0 amide bonds. The first-order valence-corrected chi connectivity index (χ1v) is 5.94. The number of rotatable bonds is 2. The van der Waals surface area contributed by atoms with Crippen LogP contribution in [0.25, 0.3) is 0 Å². The van der Waals surface area contributed by atoms with E-state index < -0.39 is 0 Å². The molecule has 0 saturated heterocycles. The Hall–Kier alpha value is -1.05. The molecule has 0 atom stereocenters. The number of anilines is 1. The largest absolute Gasteiger partial charge is 0.397 e. The van der Waals surface area contributed by atoms with Gasteiger partial charge in [0.15, 0.2) is 0 Å². The Balaban J connectivity index is 2.24. The molecular formula is C13H20N2. The van der Waals surface area contributed by atoms with Crippen molar-refractivity contribution in [1.82, 2.24) is 4.98 Å². The van der Waals surface area contributed by atoms with E-state index in [4.69, 9.17) is 5.73 Å². The molecule has 1 aromatic rings. The van der Waals surface area contributed by atoms with Crippen molar-refractivity contribution in [2.24, 2.45) is 0 Å². The van der Waals surface area contributed by atoms with Gasteiger partial charge < -0.3 is 5.73 Å². The zero-order valence-corrected chi connectivity index (χ0v) is 9.66. The highest BCUT2D eigenvalue weighted by Crippen LogP contribution is 2.35. The number of nitrogen functional groups attached to an aromatic ring is 1. The summed E-state index contributed by atoms with van der Waals surface area (Å²) in [5.41, 5.74) is 9.28. The van der Waals surface area contributed by atoms with Crippen LogP contribution < -0.4 is 5.73 Å². The summed E-state index contributed by atoms with van der Waals surface area (Å²) in [5, 5.41) is 0. The molecule has 82 valence electrons. The number of nitrogens with zero attached hydrogens (tertiary/aromatic N) is 1. The molecule has 0 aromatic carbocycles. The molecule has 2 N–H and O–H groups in total. The highest BCUT2D eigenvalue weighted by molar-refractivity contribution is 5.47. The maximum Gasteiger partial charge on any atom is 0.0658 e. The minimum atomic E-state index is 0.419. The monoisotopic (exact) mass is 204 g/mol. The number of pyridine rings is 1. The molecule has 2 rings (SSSR count).